The van der Waals surface area contributed by atoms with E-state index in [0.717, 1.165) is 34.9 Å². The van der Waals surface area contributed by atoms with E-state index in [4.69, 9.17) is 5.11 Å². The number of carbonyl (C=O) groups excluding carboxylic acids is 1. The van der Waals surface area contributed by atoms with Crippen LogP contribution in [0, 0.1) is 6.92 Å². The Morgan fingerprint density at radius 2 is 2.05 bits per heavy atom. The van der Waals surface area contributed by atoms with Crippen molar-refractivity contribution in [1.82, 2.24) is 5.32 Å². The van der Waals surface area contributed by atoms with Crippen molar-refractivity contribution < 1.29 is 14.7 Å². The number of carboxylic acid groups (broad SMARTS) is 1. The summed E-state index contributed by atoms with van der Waals surface area (Å²) in [5.74, 6) is -1.00. The first kappa shape index (κ1) is 14.1. The summed E-state index contributed by atoms with van der Waals surface area (Å²) >= 11 is 1.47. The average molecular weight is 303 g/mol. The third-order valence-corrected chi connectivity index (χ3v) is 5.50. The summed E-state index contributed by atoms with van der Waals surface area (Å²) < 4.78 is 1.08. The maximum absolute atomic E-state index is 12.5. The van der Waals surface area contributed by atoms with E-state index in [2.05, 4.69) is 5.32 Å². The average Bonchev–Trinajstić information content (AvgIpc) is 2.74. The zero-order valence-electron chi connectivity index (χ0n) is 11.8. The molecule has 0 saturated heterocycles. The number of nitrogens with one attached hydrogen (secondary N) is 1. The van der Waals surface area contributed by atoms with Crippen LogP contribution in [0.4, 0.5) is 0 Å². The lowest BCUT2D eigenvalue weighted by atomic mass is 9.74. The highest BCUT2D eigenvalue weighted by Crippen LogP contribution is 2.36. The highest BCUT2D eigenvalue weighted by atomic mass is 32.1. The van der Waals surface area contributed by atoms with E-state index in [0.29, 0.717) is 4.88 Å². The summed E-state index contributed by atoms with van der Waals surface area (Å²) in [6.07, 6.45) is 2.46. The molecule has 1 heterocycles. The zero-order chi connectivity index (χ0) is 15.0. The molecular formula is C16H17NO3S. The Balaban J connectivity index is 1.87. The Kier molecular flexibility index (Phi) is 3.45. The maximum atomic E-state index is 12.5. The number of rotatable bonds is 4. The molecule has 3 rings (SSSR count). The summed E-state index contributed by atoms with van der Waals surface area (Å²) in [6, 6.07) is 7.92. The van der Waals surface area contributed by atoms with Crippen LogP contribution in [0.1, 0.15) is 40.9 Å². The molecule has 2 N–H and O–H groups in total. The quantitative estimate of drug-likeness (QED) is 0.910. The summed E-state index contributed by atoms with van der Waals surface area (Å²) in [4.78, 5) is 24.2. The monoisotopic (exact) mass is 303 g/mol. The number of benzene rings is 1. The molecule has 1 fully saturated rings. The van der Waals surface area contributed by atoms with Crippen LogP contribution in [0.3, 0.4) is 0 Å². The highest BCUT2D eigenvalue weighted by Gasteiger charge is 2.40. The van der Waals surface area contributed by atoms with Gasteiger partial charge in [-0.25, -0.2) is 0 Å². The van der Waals surface area contributed by atoms with Gasteiger partial charge in [-0.1, -0.05) is 18.2 Å². The Morgan fingerprint density at radius 3 is 2.62 bits per heavy atom. The first-order chi connectivity index (χ1) is 10.0. The molecule has 0 spiro atoms. The van der Waals surface area contributed by atoms with E-state index < -0.39 is 11.5 Å². The minimum Gasteiger partial charge on any atom is -0.481 e. The number of carboxylic acids is 1. The summed E-state index contributed by atoms with van der Waals surface area (Å²) in [6.45, 7) is 1.94. The molecule has 110 valence electrons. The number of fused-ring (bicyclic) bond motifs is 1. The zero-order valence-corrected chi connectivity index (χ0v) is 12.6. The van der Waals surface area contributed by atoms with E-state index in [9.17, 15) is 9.59 Å². The fraction of sp³-hybridized carbons (Fsp3) is 0.375. The predicted octanol–water partition coefficient (Wildman–Crippen LogP) is 3.34. The van der Waals surface area contributed by atoms with Crippen LogP contribution in [0.25, 0.3) is 10.1 Å². The van der Waals surface area contributed by atoms with Gasteiger partial charge in [-0.15, -0.1) is 11.3 Å². The number of hydrogen-bond acceptors (Lipinski definition) is 3. The highest BCUT2D eigenvalue weighted by molar-refractivity contribution is 7.21. The number of amides is 1. The molecule has 4 nitrogen and oxygen atoms in total. The second-order valence-electron chi connectivity index (χ2n) is 5.71. The molecule has 0 unspecified atom stereocenters. The van der Waals surface area contributed by atoms with Gasteiger partial charge in [0.1, 0.15) is 0 Å². The number of hydrogen-bond donors (Lipinski definition) is 2. The van der Waals surface area contributed by atoms with Gasteiger partial charge in [-0.3, -0.25) is 9.59 Å². The number of thiophene rings is 1. The van der Waals surface area contributed by atoms with Crippen LogP contribution >= 0.6 is 11.3 Å². The lowest BCUT2D eigenvalue weighted by Crippen LogP contribution is -2.54. The van der Waals surface area contributed by atoms with Crippen LogP contribution in [0.15, 0.2) is 24.3 Å². The lowest BCUT2D eigenvalue weighted by molar-refractivity contribution is -0.139. The summed E-state index contributed by atoms with van der Waals surface area (Å²) in [7, 11) is 0. The van der Waals surface area contributed by atoms with Gasteiger partial charge in [-0.05, 0) is 43.2 Å². The Morgan fingerprint density at radius 1 is 1.33 bits per heavy atom. The van der Waals surface area contributed by atoms with Crippen molar-refractivity contribution in [1.29, 1.82) is 0 Å². The van der Waals surface area contributed by atoms with E-state index >= 15 is 0 Å². The van der Waals surface area contributed by atoms with Crippen molar-refractivity contribution in [2.75, 3.05) is 0 Å². The second-order valence-corrected chi connectivity index (χ2v) is 6.76. The van der Waals surface area contributed by atoms with Gasteiger partial charge in [-0.2, -0.15) is 0 Å². The van der Waals surface area contributed by atoms with E-state index in [1.165, 1.54) is 11.3 Å². The molecule has 21 heavy (non-hydrogen) atoms. The van der Waals surface area contributed by atoms with Gasteiger partial charge < -0.3 is 10.4 Å². The normalized spacial score (nSPS) is 16.4. The third kappa shape index (κ3) is 2.53. The van der Waals surface area contributed by atoms with E-state index in [1.54, 1.807) is 0 Å². The smallest absolute Gasteiger partial charge is 0.305 e. The van der Waals surface area contributed by atoms with E-state index in [1.807, 2.05) is 31.2 Å². The SMILES string of the molecule is Cc1c(C(=O)NC2(CC(=O)O)CCC2)sc2ccccc12. The number of carbonyl (C=O) groups is 2. The molecule has 0 bridgehead atoms. The molecular weight excluding hydrogens is 286 g/mol. The molecule has 1 aliphatic rings. The summed E-state index contributed by atoms with van der Waals surface area (Å²) in [5.41, 5.74) is 0.420. The first-order valence-corrected chi connectivity index (χ1v) is 7.85. The largest absolute Gasteiger partial charge is 0.481 e. The van der Waals surface area contributed by atoms with Crippen molar-refractivity contribution in [2.24, 2.45) is 0 Å². The van der Waals surface area contributed by atoms with Crippen molar-refractivity contribution in [2.45, 2.75) is 38.1 Å². The fourth-order valence-electron chi connectivity index (χ4n) is 2.93. The van der Waals surface area contributed by atoms with Gasteiger partial charge in [0.15, 0.2) is 0 Å². The van der Waals surface area contributed by atoms with Crippen LogP contribution in [-0.2, 0) is 4.79 Å². The van der Waals surface area contributed by atoms with Crippen molar-refractivity contribution in [3.8, 4) is 0 Å². The van der Waals surface area contributed by atoms with Crippen molar-refractivity contribution in [3.63, 3.8) is 0 Å². The number of aryl methyl sites for hydroxylation is 1. The van der Waals surface area contributed by atoms with Gasteiger partial charge in [0.2, 0.25) is 0 Å². The van der Waals surface area contributed by atoms with Gasteiger partial charge in [0.05, 0.1) is 16.8 Å². The Bertz CT molecular complexity index is 715. The van der Waals surface area contributed by atoms with Crippen LogP contribution in [-0.4, -0.2) is 22.5 Å². The fourth-order valence-corrected chi connectivity index (χ4v) is 4.03. The van der Waals surface area contributed by atoms with Crippen LogP contribution in [0.2, 0.25) is 0 Å². The molecule has 0 aliphatic heterocycles. The van der Waals surface area contributed by atoms with Gasteiger partial charge >= 0.3 is 5.97 Å². The van der Waals surface area contributed by atoms with Gasteiger partial charge in [0.25, 0.3) is 5.91 Å². The second kappa shape index (κ2) is 5.15. The van der Waals surface area contributed by atoms with E-state index in [-0.39, 0.29) is 12.3 Å². The molecule has 1 aliphatic carbocycles. The Hall–Kier alpha value is -1.88. The summed E-state index contributed by atoms with van der Waals surface area (Å²) in [5, 5.41) is 13.1. The molecule has 1 aromatic carbocycles. The molecule has 2 aromatic rings. The Labute approximate surface area is 126 Å². The number of aliphatic carboxylic acids is 1. The molecule has 0 atom stereocenters. The molecule has 5 heteroatoms. The third-order valence-electron chi connectivity index (χ3n) is 4.23. The standard InChI is InChI=1S/C16H17NO3S/c1-10-11-5-2-3-6-12(11)21-14(10)15(20)17-16(7-4-8-16)9-13(18)19/h2-3,5-6H,4,7-9H2,1H3,(H,17,20)(H,18,19). The van der Waals surface area contributed by atoms with Gasteiger partial charge in [0, 0.05) is 4.70 Å². The molecule has 1 aromatic heterocycles. The van der Waals surface area contributed by atoms with Crippen molar-refractivity contribution in [3.05, 3.63) is 34.7 Å². The van der Waals surface area contributed by atoms with Crippen molar-refractivity contribution >= 4 is 33.3 Å². The lowest BCUT2D eigenvalue weighted by Gasteiger charge is -2.41. The first-order valence-electron chi connectivity index (χ1n) is 7.03. The molecule has 1 saturated carbocycles. The maximum Gasteiger partial charge on any atom is 0.305 e. The topological polar surface area (TPSA) is 66.4 Å². The molecule has 0 radical (unpaired) electrons. The minimum absolute atomic E-state index is 0.00266. The van der Waals surface area contributed by atoms with Crippen LogP contribution in [0.5, 0.6) is 0 Å². The van der Waals surface area contributed by atoms with Crippen LogP contribution < -0.4 is 5.32 Å². The minimum atomic E-state index is -0.858. The molecule has 1 amide bonds. The predicted molar refractivity (Wildman–Crippen MR) is 82.9 cm³/mol.